The molecule has 0 amide bonds. The summed E-state index contributed by atoms with van der Waals surface area (Å²) in [6.45, 7) is 4.76. The molecule has 0 bridgehead atoms. The molecule has 4 nitrogen and oxygen atoms in total. The fraction of sp³-hybridized carbons (Fsp3) is 0.556. The minimum atomic E-state index is -0.392. The molecule has 0 radical (unpaired) electrons. The summed E-state index contributed by atoms with van der Waals surface area (Å²) in [4.78, 5) is 9.95. The fourth-order valence-corrected chi connectivity index (χ4v) is 1.58. The second-order valence-electron chi connectivity index (χ2n) is 3.50. The maximum Gasteiger partial charge on any atom is 0.225 e. The molecule has 76 valence electrons. The Kier molecular flexibility index (Phi) is 2.58. The second-order valence-corrected chi connectivity index (χ2v) is 3.50. The number of anilines is 1. The van der Waals surface area contributed by atoms with Crippen LogP contribution < -0.4 is 10.2 Å². The Labute approximate surface area is 82.2 Å². The van der Waals surface area contributed by atoms with Gasteiger partial charge in [-0.3, -0.25) is 0 Å². The highest BCUT2D eigenvalue weighted by molar-refractivity contribution is 5.29. The lowest BCUT2D eigenvalue weighted by molar-refractivity contribution is 0.478. The van der Waals surface area contributed by atoms with Crippen molar-refractivity contribution in [2.45, 2.75) is 13.0 Å². The van der Waals surface area contributed by atoms with Crippen LogP contribution in [0.1, 0.15) is 6.92 Å². The van der Waals surface area contributed by atoms with E-state index >= 15 is 0 Å². The molecule has 1 saturated heterocycles. The monoisotopic (exact) mass is 196 g/mol. The van der Waals surface area contributed by atoms with Crippen LogP contribution in [0, 0.1) is 5.82 Å². The molecule has 0 aliphatic carbocycles. The first-order chi connectivity index (χ1) is 6.75. The van der Waals surface area contributed by atoms with Crippen molar-refractivity contribution in [2.24, 2.45) is 0 Å². The fourth-order valence-electron chi connectivity index (χ4n) is 1.58. The lowest BCUT2D eigenvalue weighted by Crippen LogP contribution is -2.49. The zero-order valence-electron chi connectivity index (χ0n) is 8.07. The van der Waals surface area contributed by atoms with E-state index in [0.29, 0.717) is 12.0 Å². The number of hydrogen-bond donors (Lipinski definition) is 1. The van der Waals surface area contributed by atoms with Gasteiger partial charge in [0.1, 0.15) is 0 Å². The van der Waals surface area contributed by atoms with Crippen LogP contribution in [0.15, 0.2) is 12.4 Å². The molecule has 2 heterocycles. The number of aromatic nitrogens is 2. The standard InChI is InChI=1S/C9H13FN4/c1-7-6-14(3-2-11-7)9-12-4-8(10)5-13-9/h4-5,7,11H,2-3,6H2,1H3/t7-/m1/s1. The van der Waals surface area contributed by atoms with Crippen molar-refractivity contribution in [3.05, 3.63) is 18.2 Å². The van der Waals surface area contributed by atoms with Gasteiger partial charge in [-0.25, -0.2) is 14.4 Å². The van der Waals surface area contributed by atoms with Crippen molar-refractivity contribution in [3.8, 4) is 0 Å². The summed E-state index contributed by atoms with van der Waals surface area (Å²) < 4.78 is 12.6. The highest BCUT2D eigenvalue weighted by Gasteiger charge is 2.17. The van der Waals surface area contributed by atoms with E-state index in [1.165, 1.54) is 12.4 Å². The Bertz CT molecular complexity index is 300. The van der Waals surface area contributed by atoms with Crippen LogP contribution >= 0.6 is 0 Å². The van der Waals surface area contributed by atoms with Crippen molar-refractivity contribution >= 4 is 5.95 Å². The molecule has 0 saturated carbocycles. The third-order valence-corrected chi connectivity index (χ3v) is 2.26. The van der Waals surface area contributed by atoms with E-state index in [1.807, 2.05) is 0 Å². The van der Waals surface area contributed by atoms with E-state index in [4.69, 9.17) is 0 Å². The predicted molar refractivity (Wildman–Crippen MR) is 51.7 cm³/mol. The van der Waals surface area contributed by atoms with Gasteiger partial charge in [0.05, 0.1) is 12.4 Å². The summed E-state index contributed by atoms with van der Waals surface area (Å²) in [6.07, 6.45) is 2.41. The summed E-state index contributed by atoms with van der Waals surface area (Å²) in [5, 5.41) is 3.32. The molecule has 2 rings (SSSR count). The molecule has 0 aromatic carbocycles. The van der Waals surface area contributed by atoms with Gasteiger partial charge in [-0.2, -0.15) is 0 Å². The van der Waals surface area contributed by atoms with Crippen LogP contribution in [0.5, 0.6) is 0 Å². The van der Waals surface area contributed by atoms with E-state index in [2.05, 4.69) is 27.1 Å². The van der Waals surface area contributed by atoms with Crippen LogP contribution in [0.3, 0.4) is 0 Å². The first-order valence-electron chi connectivity index (χ1n) is 4.71. The third kappa shape index (κ3) is 1.98. The van der Waals surface area contributed by atoms with Crippen LogP contribution in [0.25, 0.3) is 0 Å². The molecule has 1 aliphatic rings. The third-order valence-electron chi connectivity index (χ3n) is 2.26. The van der Waals surface area contributed by atoms with E-state index in [1.54, 1.807) is 0 Å². The molecule has 5 heteroatoms. The van der Waals surface area contributed by atoms with Crippen LogP contribution in [0.2, 0.25) is 0 Å². The van der Waals surface area contributed by atoms with Gasteiger partial charge >= 0.3 is 0 Å². The number of nitrogens with one attached hydrogen (secondary N) is 1. The Morgan fingerprint density at radius 2 is 2.21 bits per heavy atom. The van der Waals surface area contributed by atoms with E-state index < -0.39 is 5.82 Å². The molecule has 0 spiro atoms. The predicted octanol–water partition coefficient (Wildman–Crippen LogP) is 0.414. The molecule has 1 fully saturated rings. The minimum Gasteiger partial charge on any atom is -0.338 e. The molecular formula is C9H13FN4. The summed E-state index contributed by atoms with van der Waals surface area (Å²) in [5.41, 5.74) is 0. The minimum absolute atomic E-state index is 0.392. The highest BCUT2D eigenvalue weighted by Crippen LogP contribution is 2.09. The van der Waals surface area contributed by atoms with Gasteiger partial charge in [0.2, 0.25) is 5.95 Å². The van der Waals surface area contributed by atoms with Crippen LogP contribution in [-0.2, 0) is 0 Å². The van der Waals surface area contributed by atoms with Gasteiger partial charge in [-0.05, 0) is 6.92 Å². The first-order valence-corrected chi connectivity index (χ1v) is 4.71. The largest absolute Gasteiger partial charge is 0.338 e. The van der Waals surface area contributed by atoms with Gasteiger partial charge < -0.3 is 10.2 Å². The maximum absolute atomic E-state index is 12.6. The molecule has 1 atom stereocenters. The zero-order chi connectivity index (χ0) is 9.97. The number of halogens is 1. The average molecular weight is 196 g/mol. The van der Waals surface area contributed by atoms with Crippen molar-refractivity contribution in [3.63, 3.8) is 0 Å². The highest BCUT2D eigenvalue weighted by atomic mass is 19.1. The molecule has 1 N–H and O–H groups in total. The summed E-state index contributed by atoms with van der Waals surface area (Å²) in [5.74, 6) is 0.219. The lowest BCUT2D eigenvalue weighted by Gasteiger charge is -2.31. The maximum atomic E-state index is 12.6. The average Bonchev–Trinajstić information content (AvgIpc) is 2.19. The van der Waals surface area contributed by atoms with Gasteiger partial charge in [0, 0.05) is 25.7 Å². The number of rotatable bonds is 1. The lowest BCUT2D eigenvalue weighted by atomic mass is 10.2. The van der Waals surface area contributed by atoms with E-state index in [9.17, 15) is 4.39 Å². The van der Waals surface area contributed by atoms with Gasteiger partial charge in [-0.1, -0.05) is 0 Å². The molecular weight excluding hydrogens is 183 g/mol. The Morgan fingerprint density at radius 3 is 2.86 bits per heavy atom. The van der Waals surface area contributed by atoms with E-state index in [-0.39, 0.29) is 0 Å². The van der Waals surface area contributed by atoms with E-state index in [0.717, 1.165) is 19.6 Å². The Hall–Kier alpha value is -1.23. The van der Waals surface area contributed by atoms with Gasteiger partial charge in [0.15, 0.2) is 5.82 Å². The molecule has 0 unspecified atom stereocenters. The SMILES string of the molecule is C[C@@H]1CN(c2ncc(F)cn2)CCN1. The van der Waals surface area contributed by atoms with Crippen molar-refractivity contribution in [1.82, 2.24) is 15.3 Å². The van der Waals surface area contributed by atoms with Crippen LogP contribution in [-0.4, -0.2) is 35.6 Å². The normalized spacial score (nSPS) is 22.4. The first kappa shape index (κ1) is 9.33. The quantitative estimate of drug-likeness (QED) is 0.706. The number of nitrogens with zero attached hydrogens (tertiary/aromatic N) is 3. The molecule has 1 aromatic heterocycles. The zero-order valence-corrected chi connectivity index (χ0v) is 8.07. The topological polar surface area (TPSA) is 41.1 Å². The van der Waals surface area contributed by atoms with Crippen molar-refractivity contribution < 1.29 is 4.39 Å². The second kappa shape index (κ2) is 3.88. The summed E-state index contributed by atoms with van der Waals surface area (Å²) in [7, 11) is 0. The van der Waals surface area contributed by atoms with Crippen molar-refractivity contribution in [2.75, 3.05) is 24.5 Å². The molecule has 1 aliphatic heterocycles. The van der Waals surface area contributed by atoms with Crippen molar-refractivity contribution in [1.29, 1.82) is 0 Å². The molecule has 14 heavy (non-hydrogen) atoms. The summed E-state index contributed by atoms with van der Waals surface area (Å²) >= 11 is 0. The van der Waals surface area contributed by atoms with Gasteiger partial charge in [-0.15, -0.1) is 0 Å². The molecule has 1 aromatic rings. The number of piperazine rings is 1. The Morgan fingerprint density at radius 1 is 1.50 bits per heavy atom. The Balaban J connectivity index is 2.10. The van der Waals surface area contributed by atoms with Crippen LogP contribution in [0.4, 0.5) is 10.3 Å². The number of hydrogen-bond acceptors (Lipinski definition) is 4. The van der Waals surface area contributed by atoms with Gasteiger partial charge in [0.25, 0.3) is 0 Å². The summed E-state index contributed by atoms with van der Waals surface area (Å²) in [6, 6.07) is 0.428. The smallest absolute Gasteiger partial charge is 0.225 e.